The van der Waals surface area contributed by atoms with Crippen molar-refractivity contribution in [2.75, 3.05) is 34.4 Å². The van der Waals surface area contributed by atoms with Crippen LogP contribution in [0.15, 0.2) is 42.5 Å². The Morgan fingerprint density at radius 1 is 1.19 bits per heavy atom. The highest BCUT2D eigenvalue weighted by atomic mass is 35.5. The number of likely N-dealkylation sites (N-methyl/N-ethyl adjacent to an activating group) is 1. The number of hydrogen-bond acceptors (Lipinski definition) is 5. The molecule has 0 saturated carbocycles. The van der Waals surface area contributed by atoms with Crippen LogP contribution in [-0.2, 0) is 4.79 Å². The lowest BCUT2D eigenvalue weighted by molar-refractivity contribution is -0.130. The lowest BCUT2D eigenvalue weighted by Gasteiger charge is -2.28. The minimum atomic E-state index is -0.216. The van der Waals surface area contributed by atoms with E-state index in [1.165, 1.54) is 0 Å². The number of nitrogens with zero attached hydrogens (tertiary/aromatic N) is 2. The standard InChI is InChI=1S/C23H27ClN2O4S/c1-5-20-22(28)26(13-12-25(2)21(27)16-8-6-7-9-18(16)24)23(31-20)17-14-15(29-3)10-11-19(17)30-4/h6-11,14,20,23H,5,12-13H2,1-4H3. The molecule has 0 N–H and O–H groups in total. The van der Waals surface area contributed by atoms with E-state index in [9.17, 15) is 9.59 Å². The predicted molar refractivity (Wildman–Crippen MR) is 124 cm³/mol. The zero-order valence-electron chi connectivity index (χ0n) is 18.1. The van der Waals surface area contributed by atoms with Gasteiger partial charge in [-0.15, -0.1) is 11.8 Å². The molecule has 3 rings (SSSR count). The van der Waals surface area contributed by atoms with Crippen molar-refractivity contribution in [3.05, 3.63) is 58.6 Å². The van der Waals surface area contributed by atoms with E-state index in [-0.39, 0.29) is 22.4 Å². The predicted octanol–water partition coefficient (Wildman–Crippen LogP) is 4.48. The molecule has 2 unspecified atom stereocenters. The lowest BCUT2D eigenvalue weighted by atomic mass is 10.1. The zero-order chi connectivity index (χ0) is 22.5. The van der Waals surface area contributed by atoms with Gasteiger partial charge in [-0.3, -0.25) is 9.59 Å². The Balaban J connectivity index is 1.82. The summed E-state index contributed by atoms with van der Waals surface area (Å²) in [6.07, 6.45) is 0.733. The van der Waals surface area contributed by atoms with Crippen molar-refractivity contribution < 1.29 is 19.1 Å². The fraction of sp³-hybridized carbons (Fsp3) is 0.391. The van der Waals surface area contributed by atoms with Crippen molar-refractivity contribution in [2.45, 2.75) is 24.0 Å². The Labute approximate surface area is 192 Å². The van der Waals surface area contributed by atoms with Crippen LogP contribution in [0.25, 0.3) is 0 Å². The normalized spacial score (nSPS) is 18.2. The topological polar surface area (TPSA) is 59.1 Å². The van der Waals surface area contributed by atoms with E-state index in [2.05, 4.69) is 0 Å². The molecule has 0 spiro atoms. The molecule has 0 radical (unpaired) electrons. The van der Waals surface area contributed by atoms with E-state index < -0.39 is 0 Å². The monoisotopic (exact) mass is 462 g/mol. The smallest absolute Gasteiger partial charge is 0.255 e. The van der Waals surface area contributed by atoms with Gasteiger partial charge in [-0.1, -0.05) is 30.7 Å². The SMILES string of the molecule is CCC1SC(c2cc(OC)ccc2OC)N(CCN(C)C(=O)c2ccccc2Cl)C1=O. The number of thioether (sulfide) groups is 1. The maximum absolute atomic E-state index is 13.1. The van der Waals surface area contributed by atoms with Crippen LogP contribution in [-0.4, -0.2) is 61.2 Å². The van der Waals surface area contributed by atoms with Crippen LogP contribution in [0, 0.1) is 0 Å². The summed E-state index contributed by atoms with van der Waals surface area (Å²) in [4.78, 5) is 29.3. The quantitative estimate of drug-likeness (QED) is 0.578. The molecule has 1 saturated heterocycles. The van der Waals surface area contributed by atoms with E-state index in [0.717, 1.165) is 12.0 Å². The van der Waals surface area contributed by atoms with Crippen LogP contribution in [0.2, 0.25) is 5.02 Å². The van der Waals surface area contributed by atoms with Crippen molar-refractivity contribution in [3.63, 3.8) is 0 Å². The second-order valence-electron chi connectivity index (χ2n) is 7.23. The van der Waals surface area contributed by atoms with E-state index >= 15 is 0 Å². The summed E-state index contributed by atoms with van der Waals surface area (Å²) < 4.78 is 10.9. The Bertz CT molecular complexity index is 955. The fourth-order valence-electron chi connectivity index (χ4n) is 3.56. The zero-order valence-corrected chi connectivity index (χ0v) is 19.7. The molecule has 0 aliphatic carbocycles. The summed E-state index contributed by atoms with van der Waals surface area (Å²) in [5.74, 6) is 1.30. The molecule has 1 heterocycles. The molecular weight excluding hydrogens is 436 g/mol. The second kappa shape index (κ2) is 10.3. The average Bonchev–Trinajstić information content (AvgIpc) is 3.11. The van der Waals surface area contributed by atoms with E-state index in [4.69, 9.17) is 21.1 Å². The summed E-state index contributed by atoms with van der Waals surface area (Å²) in [7, 11) is 4.95. The van der Waals surface area contributed by atoms with Gasteiger partial charge in [0, 0.05) is 25.7 Å². The van der Waals surface area contributed by atoms with Gasteiger partial charge in [0.25, 0.3) is 5.91 Å². The molecule has 2 atom stereocenters. The van der Waals surface area contributed by atoms with Crippen LogP contribution in [0.1, 0.15) is 34.6 Å². The number of hydrogen-bond donors (Lipinski definition) is 0. The molecule has 1 aliphatic rings. The van der Waals surface area contributed by atoms with Crippen LogP contribution in [0.3, 0.4) is 0 Å². The van der Waals surface area contributed by atoms with Crippen LogP contribution >= 0.6 is 23.4 Å². The van der Waals surface area contributed by atoms with Gasteiger partial charge in [-0.2, -0.15) is 0 Å². The molecule has 2 aromatic carbocycles. The van der Waals surface area contributed by atoms with Crippen molar-refractivity contribution >= 4 is 35.2 Å². The second-order valence-corrected chi connectivity index (χ2v) is 8.93. The summed E-state index contributed by atoms with van der Waals surface area (Å²) in [5.41, 5.74) is 1.34. The van der Waals surface area contributed by atoms with Crippen LogP contribution < -0.4 is 9.47 Å². The third kappa shape index (κ3) is 4.93. The number of benzene rings is 2. The molecule has 2 aromatic rings. The van der Waals surface area contributed by atoms with Gasteiger partial charge in [-0.25, -0.2) is 0 Å². The van der Waals surface area contributed by atoms with Gasteiger partial charge in [0.2, 0.25) is 5.91 Å². The third-order valence-corrected chi connectivity index (χ3v) is 7.30. The Morgan fingerprint density at radius 3 is 2.58 bits per heavy atom. The first-order valence-corrected chi connectivity index (χ1v) is 11.4. The molecule has 2 amide bonds. The van der Waals surface area contributed by atoms with Crippen LogP contribution in [0.4, 0.5) is 0 Å². The lowest BCUT2D eigenvalue weighted by Crippen LogP contribution is -2.39. The Kier molecular flexibility index (Phi) is 7.73. The van der Waals surface area contributed by atoms with E-state index in [0.29, 0.717) is 35.2 Å². The van der Waals surface area contributed by atoms with Gasteiger partial charge in [0.1, 0.15) is 16.9 Å². The number of carbonyl (C=O) groups is 2. The van der Waals surface area contributed by atoms with Crippen molar-refractivity contribution in [2.24, 2.45) is 0 Å². The summed E-state index contributed by atoms with van der Waals surface area (Å²) in [6, 6.07) is 12.6. The molecule has 8 heteroatoms. The molecule has 166 valence electrons. The fourth-order valence-corrected chi connectivity index (χ4v) is 5.22. The van der Waals surface area contributed by atoms with Gasteiger partial charge < -0.3 is 19.3 Å². The van der Waals surface area contributed by atoms with Gasteiger partial charge in [0.05, 0.1) is 30.1 Å². The highest BCUT2D eigenvalue weighted by Gasteiger charge is 2.41. The average molecular weight is 463 g/mol. The molecule has 1 fully saturated rings. The number of rotatable bonds is 8. The molecular formula is C23H27ClN2O4S. The number of amides is 2. The van der Waals surface area contributed by atoms with E-state index in [1.807, 2.05) is 30.0 Å². The number of carbonyl (C=O) groups excluding carboxylic acids is 2. The first-order valence-electron chi connectivity index (χ1n) is 10.1. The van der Waals surface area contributed by atoms with Crippen LogP contribution in [0.5, 0.6) is 11.5 Å². The molecule has 0 bridgehead atoms. The van der Waals surface area contributed by atoms with Crippen molar-refractivity contribution in [1.29, 1.82) is 0 Å². The van der Waals surface area contributed by atoms with Crippen molar-refractivity contribution in [3.8, 4) is 11.5 Å². The van der Waals surface area contributed by atoms with Gasteiger partial charge in [-0.05, 0) is 36.8 Å². The van der Waals surface area contributed by atoms with Crippen molar-refractivity contribution in [1.82, 2.24) is 9.80 Å². The van der Waals surface area contributed by atoms with Gasteiger partial charge in [0.15, 0.2) is 0 Å². The maximum atomic E-state index is 13.1. The molecule has 0 aromatic heterocycles. The molecule has 31 heavy (non-hydrogen) atoms. The largest absolute Gasteiger partial charge is 0.497 e. The molecule has 1 aliphatic heterocycles. The highest BCUT2D eigenvalue weighted by Crippen LogP contribution is 2.47. The Hall–Kier alpha value is -2.38. The number of methoxy groups -OCH3 is 2. The summed E-state index contributed by atoms with van der Waals surface area (Å²) >= 11 is 7.78. The summed E-state index contributed by atoms with van der Waals surface area (Å²) in [5, 5.41) is 0.0639. The highest BCUT2D eigenvalue weighted by molar-refractivity contribution is 8.01. The first-order chi connectivity index (χ1) is 14.9. The number of halogens is 1. The first kappa shape index (κ1) is 23.3. The van der Waals surface area contributed by atoms with Gasteiger partial charge >= 0.3 is 0 Å². The maximum Gasteiger partial charge on any atom is 0.255 e. The Morgan fingerprint density at radius 2 is 1.94 bits per heavy atom. The minimum Gasteiger partial charge on any atom is -0.497 e. The number of ether oxygens (including phenoxy) is 2. The molecule has 6 nitrogen and oxygen atoms in total. The third-order valence-electron chi connectivity index (χ3n) is 5.34. The van der Waals surface area contributed by atoms with E-state index in [1.54, 1.807) is 62.2 Å². The summed E-state index contributed by atoms with van der Waals surface area (Å²) in [6.45, 7) is 2.79. The minimum absolute atomic E-state index is 0.0703.